The van der Waals surface area contributed by atoms with Gasteiger partial charge in [-0.15, -0.1) is 0 Å². The van der Waals surface area contributed by atoms with Gasteiger partial charge in [-0.2, -0.15) is 26.3 Å². The van der Waals surface area contributed by atoms with Crippen molar-refractivity contribution < 1.29 is 54.6 Å². The second kappa shape index (κ2) is 8.59. The van der Waals surface area contributed by atoms with E-state index in [2.05, 4.69) is 10.1 Å². The van der Waals surface area contributed by atoms with Crippen LogP contribution in [0.2, 0.25) is 0 Å². The van der Waals surface area contributed by atoms with Crippen molar-refractivity contribution >= 4 is 11.9 Å². The van der Waals surface area contributed by atoms with Crippen LogP contribution >= 0.6 is 0 Å². The number of alkyl halides is 8. The maximum absolute atomic E-state index is 13.6. The molecule has 1 rings (SSSR count). The molecule has 0 saturated carbocycles. The summed E-state index contributed by atoms with van der Waals surface area (Å²) in [6.45, 7) is 0.930. The highest BCUT2D eigenvalue weighted by Gasteiger charge is 2.57. The maximum Gasteiger partial charge on any atom is 0.422 e. The van der Waals surface area contributed by atoms with Crippen LogP contribution in [0.4, 0.5) is 35.1 Å². The number of nitrogens with two attached hydrogens (primary N) is 1. The lowest BCUT2D eigenvalue weighted by Gasteiger charge is -2.38. The van der Waals surface area contributed by atoms with Gasteiger partial charge in [0, 0.05) is 18.5 Å². The number of nitrogens with one attached hydrogen (secondary N) is 1. The number of amides is 1. The predicted molar refractivity (Wildman–Crippen MR) is 76.5 cm³/mol. The molecule has 0 bridgehead atoms. The quantitative estimate of drug-likeness (QED) is 0.560. The maximum atomic E-state index is 13.6. The molecular formula is C14H16F8N2O4. The van der Waals surface area contributed by atoms with Gasteiger partial charge in [0.05, 0.1) is 12.1 Å². The summed E-state index contributed by atoms with van der Waals surface area (Å²) in [5, 5.41) is 11.0. The van der Waals surface area contributed by atoms with Crippen LogP contribution in [-0.2, 0) is 14.3 Å². The monoisotopic (exact) mass is 428 g/mol. The Balaban J connectivity index is 3.34. The Labute approximate surface area is 152 Å². The Hall–Kier alpha value is -1.96. The number of carbonyl (C=O) groups is 2. The van der Waals surface area contributed by atoms with Crippen molar-refractivity contribution in [1.82, 2.24) is 5.32 Å². The van der Waals surface area contributed by atoms with Crippen LogP contribution in [0.5, 0.6) is 0 Å². The molecule has 1 amide bonds. The summed E-state index contributed by atoms with van der Waals surface area (Å²) in [7, 11) is 0. The molecule has 5 atom stereocenters. The Bertz CT molecular complexity index is 601. The van der Waals surface area contributed by atoms with Gasteiger partial charge in [0.2, 0.25) is 18.3 Å². The number of rotatable bonds is 6. The lowest BCUT2D eigenvalue weighted by molar-refractivity contribution is -0.267. The standard InChI is InChI=1S/C14H16F8N2O4/c1-4(25)24-8-6(23)2-5(12(26)27)3-7(8)28-9(10(15)13(17,18)19)11(16)14(20,21)22/h3,6-11H,2,23H2,1H3,(H,24,25)(H,26,27). The Morgan fingerprint density at radius 2 is 1.64 bits per heavy atom. The van der Waals surface area contributed by atoms with Crippen molar-refractivity contribution in [2.24, 2.45) is 5.73 Å². The molecular weight excluding hydrogens is 412 g/mol. The van der Waals surface area contributed by atoms with E-state index in [1.165, 1.54) is 0 Å². The Kier molecular flexibility index (Phi) is 7.39. The van der Waals surface area contributed by atoms with Gasteiger partial charge >= 0.3 is 18.3 Å². The molecule has 0 spiro atoms. The molecule has 0 aromatic carbocycles. The number of ether oxygens (including phenoxy) is 1. The van der Waals surface area contributed by atoms with Gasteiger partial charge in [0.25, 0.3) is 0 Å². The smallest absolute Gasteiger partial charge is 0.422 e. The number of aliphatic carboxylic acids is 1. The predicted octanol–water partition coefficient (Wildman–Crippen LogP) is 1.79. The average molecular weight is 428 g/mol. The first-order valence-corrected chi connectivity index (χ1v) is 7.59. The van der Waals surface area contributed by atoms with Crippen LogP contribution in [0.3, 0.4) is 0 Å². The third-order valence-corrected chi connectivity index (χ3v) is 3.80. The van der Waals surface area contributed by atoms with Crippen molar-refractivity contribution in [1.29, 1.82) is 0 Å². The molecule has 4 N–H and O–H groups in total. The molecule has 1 aliphatic carbocycles. The van der Waals surface area contributed by atoms with E-state index in [0.29, 0.717) is 6.08 Å². The minimum absolute atomic E-state index is 0.429. The molecule has 14 heteroatoms. The third kappa shape index (κ3) is 6.02. The second-order valence-corrected chi connectivity index (χ2v) is 6.04. The number of carboxylic acid groups (broad SMARTS) is 1. The summed E-state index contributed by atoms with van der Waals surface area (Å²) in [4.78, 5) is 22.3. The molecule has 0 fully saturated rings. The number of carboxylic acids is 1. The number of halogens is 8. The summed E-state index contributed by atoms with van der Waals surface area (Å²) < 4.78 is 107. The summed E-state index contributed by atoms with van der Waals surface area (Å²) in [5.74, 6) is -2.46. The van der Waals surface area contributed by atoms with E-state index in [4.69, 9.17) is 10.8 Å². The van der Waals surface area contributed by atoms with Crippen molar-refractivity contribution in [3.63, 3.8) is 0 Å². The molecule has 0 saturated heterocycles. The number of carbonyl (C=O) groups excluding carboxylic acids is 1. The zero-order valence-electron chi connectivity index (χ0n) is 14.0. The van der Waals surface area contributed by atoms with Crippen LogP contribution < -0.4 is 11.1 Å². The van der Waals surface area contributed by atoms with E-state index in [0.717, 1.165) is 6.92 Å². The molecule has 162 valence electrons. The van der Waals surface area contributed by atoms with Crippen molar-refractivity contribution in [3.8, 4) is 0 Å². The van der Waals surface area contributed by atoms with E-state index < -0.39 is 72.9 Å². The zero-order valence-corrected chi connectivity index (χ0v) is 14.0. The normalized spacial score (nSPS) is 26.8. The van der Waals surface area contributed by atoms with E-state index in [1.807, 2.05) is 0 Å². The SMILES string of the molecule is CC(=O)NC1C(N)CC(C(=O)O)=CC1OC(C(F)C(F)(F)F)C(F)C(F)(F)F. The average Bonchev–Trinajstić information content (AvgIpc) is 2.51. The molecule has 1 aliphatic rings. The Morgan fingerprint density at radius 1 is 1.18 bits per heavy atom. The molecule has 0 aromatic rings. The summed E-state index contributed by atoms with van der Waals surface area (Å²) in [6.07, 6.45) is -26.2. The first-order valence-electron chi connectivity index (χ1n) is 7.59. The molecule has 0 radical (unpaired) electrons. The molecule has 0 heterocycles. The fourth-order valence-electron chi connectivity index (χ4n) is 2.54. The van der Waals surface area contributed by atoms with Crippen molar-refractivity contribution in [2.45, 2.75) is 62.3 Å². The van der Waals surface area contributed by atoms with E-state index in [9.17, 15) is 44.7 Å². The van der Waals surface area contributed by atoms with Gasteiger partial charge in [-0.25, -0.2) is 13.6 Å². The highest BCUT2D eigenvalue weighted by atomic mass is 19.4. The van der Waals surface area contributed by atoms with E-state index in [-0.39, 0.29) is 0 Å². The van der Waals surface area contributed by atoms with E-state index >= 15 is 0 Å². The molecule has 0 aromatic heterocycles. The van der Waals surface area contributed by atoms with Crippen LogP contribution in [0.15, 0.2) is 11.6 Å². The summed E-state index contributed by atoms with van der Waals surface area (Å²) in [5.41, 5.74) is 5.05. The van der Waals surface area contributed by atoms with Gasteiger partial charge in [-0.05, 0) is 12.5 Å². The van der Waals surface area contributed by atoms with Gasteiger partial charge in [0.1, 0.15) is 6.10 Å². The molecule has 0 aliphatic heterocycles. The van der Waals surface area contributed by atoms with Crippen LogP contribution in [-0.4, -0.2) is 66.0 Å². The van der Waals surface area contributed by atoms with Crippen molar-refractivity contribution in [2.75, 3.05) is 0 Å². The number of hydrogen-bond acceptors (Lipinski definition) is 4. The highest BCUT2D eigenvalue weighted by Crippen LogP contribution is 2.37. The van der Waals surface area contributed by atoms with Crippen LogP contribution in [0.25, 0.3) is 0 Å². The van der Waals surface area contributed by atoms with E-state index in [1.54, 1.807) is 0 Å². The number of hydrogen-bond donors (Lipinski definition) is 3. The minimum Gasteiger partial charge on any atom is -0.478 e. The first kappa shape index (κ1) is 24.1. The van der Waals surface area contributed by atoms with Crippen molar-refractivity contribution in [3.05, 3.63) is 11.6 Å². The Morgan fingerprint density at radius 3 is 2.00 bits per heavy atom. The first-order chi connectivity index (χ1) is 12.6. The summed E-state index contributed by atoms with van der Waals surface area (Å²) >= 11 is 0. The van der Waals surface area contributed by atoms with Gasteiger partial charge in [-0.1, -0.05) is 0 Å². The van der Waals surface area contributed by atoms with Gasteiger partial charge in [0.15, 0.2) is 0 Å². The van der Waals surface area contributed by atoms with Gasteiger partial charge in [-0.3, -0.25) is 4.79 Å². The summed E-state index contributed by atoms with van der Waals surface area (Å²) in [6, 6.07) is -2.84. The largest absolute Gasteiger partial charge is 0.478 e. The third-order valence-electron chi connectivity index (χ3n) is 3.80. The minimum atomic E-state index is -5.90. The molecule has 28 heavy (non-hydrogen) atoms. The lowest BCUT2D eigenvalue weighted by atomic mass is 9.88. The highest BCUT2D eigenvalue weighted by molar-refractivity contribution is 5.87. The zero-order chi connectivity index (χ0) is 22.0. The molecule has 5 unspecified atom stereocenters. The topological polar surface area (TPSA) is 102 Å². The lowest BCUT2D eigenvalue weighted by Crippen LogP contribution is -2.59. The fourth-order valence-corrected chi connectivity index (χ4v) is 2.54. The van der Waals surface area contributed by atoms with Crippen LogP contribution in [0, 0.1) is 0 Å². The second-order valence-electron chi connectivity index (χ2n) is 6.04. The van der Waals surface area contributed by atoms with Gasteiger partial charge < -0.3 is 20.9 Å². The van der Waals surface area contributed by atoms with Crippen LogP contribution in [0.1, 0.15) is 13.3 Å². The fraction of sp³-hybridized carbons (Fsp3) is 0.714. The molecule has 6 nitrogen and oxygen atoms in total.